The molecule has 9 atom stereocenters. The van der Waals surface area contributed by atoms with E-state index >= 15 is 4.79 Å². The maximum atomic E-state index is 15.1. The summed E-state index contributed by atoms with van der Waals surface area (Å²) < 4.78 is 21.9. The van der Waals surface area contributed by atoms with Crippen LogP contribution in [-0.2, 0) is 97.4 Å². The number of hydrogen-bond donors (Lipinski definition) is 12. The standard InChI is InChI=1S/C67H89N11O17S2/c1-43-59(82)74-53(39-45-14-7-3-8-15-45)64(87)77-55(67(90)91)42-97-96-37-26-50(61(84)72-49(23-24-57(69)80)60(83)75-52(62(85)70-43)38-44-12-5-2-6-13-44)73-65(88)56-18-11-28-78(56)66(89)54(41-46-16-9-4-10-17-46)76-63(86)51(40-47-19-21-48(79)22-20-47)71-58(81)25-29-92-31-33-94-35-36-95-34-32-93-30-27-68/h2-10,12-17,19-22,43,49-56,79H,11,18,23-42,68H2,1H3,(H2,69,80)(H,70,85)(H,71,81)(H,72,84)(H,73,88)(H,74,82)(H,75,83)(H,76,86)(H,77,87)(H,90,91)/t43-,49-,50+,51-,52-,53-,54-,55-,56-/m0/s1. The number of phenolic OH excluding ortho intramolecular Hbond substituents is 1. The number of ether oxygens (including phenoxy) is 4. The number of carbonyl (C=O) groups is 11. The molecule has 28 nitrogen and oxygen atoms in total. The number of carboxylic acids is 1. The van der Waals surface area contributed by atoms with Gasteiger partial charge in [0.25, 0.3) is 0 Å². The van der Waals surface area contributed by atoms with Crippen molar-refractivity contribution >= 4 is 86.6 Å². The smallest absolute Gasteiger partial charge is 0.327 e. The van der Waals surface area contributed by atoms with Crippen LogP contribution in [0.2, 0.25) is 0 Å². The quantitative estimate of drug-likeness (QED) is 0.0228. The van der Waals surface area contributed by atoms with Gasteiger partial charge in [-0.2, -0.15) is 0 Å². The molecule has 6 rings (SSSR count). The van der Waals surface area contributed by atoms with Gasteiger partial charge in [0.05, 0.1) is 52.9 Å². The zero-order valence-corrected chi connectivity index (χ0v) is 55.8. The molecule has 4 aromatic carbocycles. The van der Waals surface area contributed by atoms with Gasteiger partial charge in [0.2, 0.25) is 59.1 Å². The Morgan fingerprint density at radius 3 is 1.68 bits per heavy atom. The van der Waals surface area contributed by atoms with Gasteiger partial charge in [0, 0.05) is 63.1 Å². The summed E-state index contributed by atoms with van der Waals surface area (Å²) in [4.78, 5) is 156. The Balaban J connectivity index is 1.22. The third kappa shape index (κ3) is 27.8. The molecule has 4 aromatic rings. The summed E-state index contributed by atoms with van der Waals surface area (Å²) >= 11 is 0. The number of nitrogens with one attached hydrogen (secondary N) is 8. The molecule has 0 bridgehead atoms. The minimum absolute atomic E-state index is 0.0143. The third-order valence-corrected chi connectivity index (χ3v) is 18.0. The highest BCUT2D eigenvalue weighted by molar-refractivity contribution is 8.76. The van der Waals surface area contributed by atoms with Crippen molar-refractivity contribution in [3.63, 3.8) is 0 Å². The lowest BCUT2D eigenvalue weighted by atomic mass is 10.0. The van der Waals surface area contributed by atoms with Crippen molar-refractivity contribution in [1.29, 1.82) is 0 Å². The lowest BCUT2D eigenvalue weighted by molar-refractivity contribution is -0.142. The summed E-state index contributed by atoms with van der Waals surface area (Å²) in [6.07, 6.45) is -0.984. The fourth-order valence-electron chi connectivity index (χ4n) is 10.4. The summed E-state index contributed by atoms with van der Waals surface area (Å²) in [5.74, 6) is -9.51. The first-order valence-electron chi connectivity index (χ1n) is 32.2. The minimum atomic E-state index is -1.56. The minimum Gasteiger partial charge on any atom is -0.508 e. The van der Waals surface area contributed by atoms with E-state index in [-0.39, 0.29) is 95.0 Å². The van der Waals surface area contributed by atoms with Crippen LogP contribution in [0.15, 0.2) is 115 Å². The monoisotopic (exact) mass is 1380 g/mol. The van der Waals surface area contributed by atoms with E-state index in [0.717, 1.165) is 21.6 Å². The largest absolute Gasteiger partial charge is 0.508 e. The van der Waals surface area contributed by atoms with Gasteiger partial charge in [0.15, 0.2) is 0 Å². The summed E-state index contributed by atoms with van der Waals surface area (Å²) in [6, 6.07) is 19.6. The number of carboxylic acid groups (broad SMARTS) is 1. The lowest BCUT2D eigenvalue weighted by Gasteiger charge is -2.31. The number of phenols is 1. The van der Waals surface area contributed by atoms with Crippen molar-refractivity contribution in [3.05, 3.63) is 138 Å². The molecule has 2 fully saturated rings. The Bertz CT molecular complexity index is 3200. The van der Waals surface area contributed by atoms with Gasteiger partial charge in [-0.3, -0.25) is 47.9 Å². The van der Waals surface area contributed by atoms with Crippen molar-refractivity contribution in [2.75, 3.05) is 77.5 Å². The van der Waals surface area contributed by atoms with Gasteiger partial charge in [-0.25, -0.2) is 4.79 Å². The molecule has 97 heavy (non-hydrogen) atoms. The highest BCUT2D eigenvalue weighted by Gasteiger charge is 2.41. The topological polar surface area (TPSA) is 417 Å². The molecular weight excluding hydrogens is 1290 g/mol. The van der Waals surface area contributed by atoms with Crippen LogP contribution in [0, 0.1) is 0 Å². The first-order chi connectivity index (χ1) is 46.8. The van der Waals surface area contributed by atoms with Crippen LogP contribution in [0.25, 0.3) is 0 Å². The van der Waals surface area contributed by atoms with Gasteiger partial charge in [-0.15, -0.1) is 0 Å². The van der Waals surface area contributed by atoms with E-state index in [0.29, 0.717) is 68.3 Å². The SMILES string of the molecule is C[C@@H]1NC(=O)[C@H](Cc2ccccc2)NC(=O)[C@H](CCC(N)=O)NC(=O)[C@H](NC(=O)[C@@H]2CCCN2C(=O)[C@H](Cc2ccccc2)NC(=O)[C@H](Cc2ccc(O)cc2)NC(=O)CCOCCOCCOCCOCCN)CCSSC[C@@H](C(=O)O)NC(=O)[C@H](Cc2ccccc2)NC1=O. The molecule has 0 saturated carbocycles. The first kappa shape index (κ1) is 77.4. The second-order valence-electron chi connectivity index (χ2n) is 23.1. The van der Waals surface area contributed by atoms with Crippen molar-refractivity contribution in [2.45, 2.75) is 126 Å². The Morgan fingerprint density at radius 2 is 1.10 bits per heavy atom. The summed E-state index contributed by atoms with van der Waals surface area (Å²) in [7, 11) is 2.13. The molecule has 2 heterocycles. The zero-order chi connectivity index (χ0) is 69.9. The van der Waals surface area contributed by atoms with E-state index in [9.17, 15) is 58.2 Å². The Labute approximate surface area is 571 Å². The zero-order valence-electron chi connectivity index (χ0n) is 54.2. The number of rotatable bonds is 32. The van der Waals surface area contributed by atoms with E-state index in [1.165, 1.54) is 24.0 Å². The maximum Gasteiger partial charge on any atom is 0.327 e. The van der Waals surface area contributed by atoms with Crippen LogP contribution < -0.4 is 54.0 Å². The van der Waals surface area contributed by atoms with Crippen molar-refractivity contribution in [2.24, 2.45) is 11.5 Å². The van der Waals surface area contributed by atoms with Gasteiger partial charge >= 0.3 is 5.97 Å². The molecule has 2 saturated heterocycles. The van der Waals surface area contributed by atoms with Crippen LogP contribution >= 0.6 is 21.6 Å². The fraction of sp³-hybridized carbons (Fsp3) is 0.478. The van der Waals surface area contributed by atoms with Crippen molar-refractivity contribution < 1.29 is 81.9 Å². The molecule has 2 aliphatic heterocycles. The number of carbonyl (C=O) groups excluding carboxylic acids is 10. The molecule has 10 amide bonds. The molecule has 14 N–H and O–H groups in total. The van der Waals surface area contributed by atoms with Crippen LogP contribution in [0.3, 0.4) is 0 Å². The number of aliphatic carboxylic acids is 1. The molecular formula is C67H89N11O17S2. The van der Waals surface area contributed by atoms with E-state index in [1.807, 2.05) is 0 Å². The third-order valence-electron chi connectivity index (χ3n) is 15.6. The molecule has 0 aliphatic carbocycles. The van der Waals surface area contributed by atoms with Crippen LogP contribution in [-0.4, -0.2) is 212 Å². The van der Waals surface area contributed by atoms with Crippen LogP contribution in [0.5, 0.6) is 5.75 Å². The van der Waals surface area contributed by atoms with E-state index in [2.05, 4.69) is 42.5 Å². The molecule has 0 spiro atoms. The number of nitrogens with zero attached hydrogens (tertiary/aromatic N) is 1. The average Bonchev–Trinajstić information content (AvgIpc) is 2.14. The highest BCUT2D eigenvalue weighted by atomic mass is 33.1. The molecule has 526 valence electrons. The molecule has 0 radical (unpaired) electrons. The van der Waals surface area contributed by atoms with E-state index < -0.39 is 126 Å². The van der Waals surface area contributed by atoms with Crippen molar-refractivity contribution in [3.8, 4) is 5.75 Å². The second kappa shape index (κ2) is 42.1. The Kier molecular flexibility index (Phi) is 33.6. The maximum absolute atomic E-state index is 15.1. The first-order valence-corrected chi connectivity index (χ1v) is 34.7. The number of likely N-dealkylation sites (tertiary alicyclic amines) is 1. The summed E-state index contributed by atoms with van der Waals surface area (Å²) in [6.45, 7) is 4.12. The van der Waals surface area contributed by atoms with Gasteiger partial charge < -0.3 is 88.1 Å². The average molecular weight is 1380 g/mol. The van der Waals surface area contributed by atoms with Crippen LogP contribution in [0.1, 0.15) is 67.7 Å². The summed E-state index contributed by atoms with van der Waals surface area (Å²) in [5.41, 5.74) is 13.4. The highest BCUT2D eigenvalue weighted by Crippen LogP contribution is 2.25. The molecule has 0 aromatic heterocycles. The second-order valence-corrected chi connectivity index (χ2v) is 25.7. The predicted molar refractivity (Wildman–Crippen MR) is 361 cm³/mol. The van der Waals surface area contributed by atoms with Gasteiger partial charge in [0.1, 0.15) is 60.1 Å². The fourth-order valence-corrected chi connectivity index (χ4v) is 12.6. The van der Waals surface area contributed by atoms with E-state index in [4.69, 9.17) is 30.4 Å². The number of hydrogen-bond acceptors (Lipinski definition) is 19. The number of benzene rings is 4. The molecule has 0 unspecified atom stereocenters. The number of amides is 10. The number of aromatic hydroxyl groups is 1. The number of primary amides is 1. The number of nitrogens with two attached hydrogens (primary N) is 2. The van der Waals surface area contributed by atoms with Crippen molar-refractivity contribution in [1.82, 2.24) is 47.4 Å². The Hall–Kier alpha value is -8.65. The van der Waals surface area contributed by atoms with Crippen LogP contribution in [0.4, 0.5) is 0 Å². The van der Waals surface area contributed by atoms with E-state index in [1.54, 1.807) is 103 Å². The molecule has 30 heteroatoms. The predicted octanol–water partition coefficient (Wildman–Crippen LogP) is 0.102. The lowest BCUT2D eigenvalue weighted by Crippen LogP contribution is -2.60. The summed E-state index contributed by atoms with van der Waals surface area (Å²) in [5, 5.41) is 41.8. The van der Waals surface area contributed by atoms with Gasteiger partial charge in [-0.1, -0.05) is 125 Å². The normalized spacial score (nSPS) is 20.6. The molecule has 2 aliphatic rings. The Morgan fingerprint density at radius 1 is 0.588 bits per heavy atom. The van der Waals surface area contributed by atoms with Gasteiger partial charge in [-0.05, 0) is 67.0 Å².